The molecule has 764 valence electrons. The zero-order chi connectivity index (χ0) is 105. The molecule has 0 saturated carbocycles. The molecule has 144 heavy (non-hydrogen) atoms. The third-order valence-corrected chi connectivity index (χ3v) is 20.9. The zero-order valence-corrected chi connectivity index (χ0v) is 86.1. The van der Waals surface area contributed by atoms with E-state index in [0.717, 1.165) is 33.5 Å². The van der Waals surface area contributed by atoms with Crippen LogP contribution in [0.4, 0.5) is 36.2 Å². The second-order valence-corrected chi connectivity index (χ2v) is 39.0. The Morgan fingerprint density at radius 3 is 0.986 bits per heavy atom. The lowest BCUT2D eigenvalue weighted by Crippen LogP contribution is -2.47. The van der Waals surface area contributed by atoms with Crippen LogP contribution < -0.4 is 48.7 Å². The lowest BCUT2D eigenvalue weighted by molar-refractivity contribution is -0.151. The number of ether oxygens (including phenoxy) is 6. The summed E-state index contributed by atoms with van der Waals surface area (Å²) in [4.78, 5) is 126. The number of nitrogens with two attached hydrogens (primary N) is 2. The summed E-state index contributed by atoms with van der Waals surface area (Å²) in [5.41, 5.74) is 22.8. The summed E-state index contributed by atoms with van der Waals surface area (Å²) < 4.78 is 37.7. The second kappa shape index (κ2) is 51.9. The number of alkyl carbamates (subject to hydrolysis) is 4. The maximum Gasteiger partial charge on any atom is 0.408 e. The van der Waals surface area contributed by atoms with E-state index in [4.69, 9.17) is 45.0 Å². The van der Waals surface area contributed by atoms with Gasteiger partial charge in [-0.25, -0.2) is 42.8 Å². The second-order valence-electron chi connectivity index (χ2n) is 39.0. The van der Waals surface area contributed by atoms with Gasteiger partial charge in [-0.15, -0.1) is 12.4 Å². The Kier molecular flexibility index (Phi) is 41.1. The SMILES string of the molecule is CC(C)[C@H](NC(=O)OC(C)(C)C)C(=O)O.Cc1cc(C(=O)Nc2cccc(C(O)c3ccccc3)c2)n(-c2cccc(CNC(=O)OC(C)(C)C)c2)n1.Cc1cc(C(=O)Nc2cccc(C(OC(=O)[C@@H](N)C(C)C)c3ccccc3)c2)n(-c2cccc(CN)c2)n1.Cc1cc(C(=O)Nc2cccc(C(OC(=O)[C@@H](NC(=O)OC(C)(C)C)C(C)C)c3ccccc3)c2)n(-c2cccc(CNC(=O)OC(C)(C)C)c2)n1.Cl. The van der Waals surface area contributed by atoms with E-state index in [9.17, 15) is 53.1 Å². The van der Waals surface area contributed by atoms with Crippen molar-refractivity contribution in [3.63, 3.8) is 0 Å². The average Bonchev–Trinajstić information content (AvgIpc) is 1.82. The monoisotopic (exact) mass is 1990 g/mol. The van der Waals surface area contributed by atoms with Gasteiger partial charge < -0.3 is 87.3 Å². The molecule has 33 nitrogen and oxygen atoms in total. The zero-order valence-electron chi connectivity index (χ0n) is 85.2. The number of amides is 7. The van der Waals surface area contributed by atoms with Crippen molar-refractivity contribution in [1.82, 2.24) is 50.6 Å². The van der Waals surface area contributed by atoms with Crippen LogP contribution in [-0.2, 0) is 62.4 Å². The Morgan fingerprint density at radius 1 is 0.354 bits per heavy atom. The van der Waals surface area contributed by atoms with Crippen molar-refractivity contribution in [2.45, 2.75) is 224 Å². The predicted octanol–water partition coefficient (Wildman–Crippen LogP) is 19.7. The first kappa shape index (κ1) is 114. The van der Waals surface area contributed by atoms with Crippen LogP contribution in [0.1, 0.15) is 242 Å². The number of rotatable bonds is 30. The molecule has 6 atom stereocenters. The normalized spacial score (nSPS) is 12.5. The van der Waals surface area contributed by atoms with E-state index in [1.165, 1.54) is 0 Å². The fourth-order valence-electron chi connectivity index (χ4n) is 14.2. The van der Waals surface area contributed by atoms with Crippen molar-refractivity contribution in [3.05, 3.63) is 339 Å². The van der Waals surface area contributed by atoms with Gasteiger partial charge in [0.15, 0.2) is 12.2 Å². The van der Waals surface area contributed by atoms with Crippen molar-refractivity contribution in [3.8, 4) is 17.1 Å². The first-order valence-corrected chi connectivity index (χ1v) is 46.9. The highest BCUT2D eigenvalue weighted by atomic mass is 35.5. The molecule has 0 bridgehead atoms. The number of aliphatic carboxylic acids is 1. The molecule has 9 aromatic carbocycles. The number of carbonyl (C=O) groups is 10. The minimum absolute atomic E-state index is 0. The summed E-state index contributed by atoms with van der Waals surface area (Å²) in [6.45, 7) is 38.3. The number of aromatic nitrogens is 6. The van der Waals surface area contributed by atoms with Crippen LogP contribution in [0.15, 0.2) is 255 Å². The van der Waals surface area contributed by atoms with Crippen molar-refractivity contribution < 1.29 is 86.6 Å². The molecule has 3 unspecified atom stereocenters. The van der Waals surface area contributed by atoms with E-state index < -0.39 is 107 Å². The Labute approximate surface area is 847 Å². The highest BCUT2D eigenvalue weighted by Crippen LogP contribution is 2.34. The maximum atomic E-state index is 13.8. The molecule has 0 radical (unpaired) electrons. The van der Waals surface area contributed by atoms with Gasteiger partial charge in [-0.05, 0) is 263 Å². The van der Waals surface area contributed by atoms with Gasteiger partial charge in [0.25, 0.3) is 17.7 Å². The van der Waals surface area contributed by atoms with Crippen LogP contribution in [-0.4, -0.2) is 140 Å². The summed E-state index contributed by atoms with van der Waals surface area (Å²) in [5.74, 6) is -3.80. The van der Waals surface area contributed by atoms with Crippen molar-refractivity contribution in [2.75, 3.05) is 16.0 Å². The van der Waals surface area contributed by atoms with Gasteiger partial charge in [0.05, 0.1) is 34.1 Å². The van der Waals surface area contributed by atoms with E-state index in [-0.39, 0.29) is 55.1 Å². The Bertz CT molecular complexity index is 6350. The lowest BCUT2D eigenvalue weighted by atomic mass is 10.00. The molecule has 0 aliphatic heterocycles. The predicted molar refractivity (Wildman–Crippen MR) is 555 cm³/mol. The highest BCUT2D eigenvalue weighted by Gasteiger charge is 2.34. The number of nitrogens with one attached hydrogen (secondary N) is 7. The van der Waals surface area contributed by atoms with Gasteiger partial charge in [0.1, 0.15) is 63.7 Å². The fraction of sp³-hybridized carbons (Fsp3) is 0.336. The number of anilines is 3. The van der Waals surface area contributed by atoms with Crippen LogP contribution in [0.25, 0.3) is 17.1 Å². The molecule has 0 saturated heterocycles. The van der Waals surface area contributed by atoms with Gasteiger partial charge in [-0.1, -0.05) is 205 Å². The van der Waals surface area contributed by atoms with E-state index >= 15 is 0 Å². The highest BCUT2D eigenvalue weighted by molar-refractivity contribution is 6.05. The summed E-state index contributed by atoms with van der Waals surface area (Å²) in [6.07, 6.45) is -4.80. The molecule has 3 aromatic heterocycles. The van der Waals surface area contributed by atoms with Gasteiger partial charge in [0.2, 0.25) is 0 Å². The van der Waals surface area contributed by atoms with E-state index in [1.807, 2.05) is 230 Å². The molecule has 3 heterocycles. The number of nitrogens with zero attached hydrogens (tertiary/aromatic N) is 6. The Morgan fingerprint density at radius 2 is 0.653 bits per heavy atom. The summed E-state index contributed by atoms with van der Waals surface area (Å²) >= 11 is 0. The van der Waals surface area contributed by atoms with E-state index in [0.29, 0.717) is 91.4 Å². The molecule has 34 heteroatoms. The van der Waals surface area contributed by atoms with Crippen LogP contribution in [0, 0.1) is 38.5 Å². The first-order chi connectivity index (χ1) is 67.4. The standard InChI is InChI=1S/C40H49N5O7.C30H33N5O3.C30H32N4O4.C10H19NO4.ClH/c1-25(2)33(43-38(49)52-40(7,8)9)36(47)50-34(28-16-11-10-12-17-28)29-18-14-19-30(23-29)42-35(46)32-21-26(3)44-45(32)31-20-13-15-27(22-31)24-41-37(48)51-39(4,5)6;1-19(2)27(32)30(37)38-28(22-10-5-4-6-11-22)23-12-8-13-24(17-23)33-29(36)26-15-20(3)34-35(26)25-14-7-9-21(16-25)18-31;1-20-16-26(28(36)32-24-14-9-13-23(18-24)27(35)22-11-6-5-7-12-22)34(33-20)25-15-8-10-21(17-25)19-31-29(37)38-30(2,3)4;1-6(2)7(8(12)13)11-9(14)15-10(3,4)5;/h10-23,25,33-34H,24H2,1-9H3,(H,41,48)(H,42,46)(H,43,49);4-17,19,27-28H,18,31-32H2,1-3H3,(H,33,36);5-18,27,35H,19H2,1-4H3,(H,31,37)(H,32,36);6-7H,1-5H3,(H,11,14)(H,12,13);1H/t33-,34?;27-,28?;;7-;/m00.0./s1. The number of aliphatic hydroxyl groups is 1. The largest absolute Gasteiger partial charge is 0.480 e. The fourth-order valence-corrected chi connectivity index (χ4v) is 14.2. The average molecular weight is 1990 g/mol. The number of benzene rings is 9. The number of carboxylic acids is 1. The van der Waals surface area contributed by atoms with Crippen molar-refractivity contribution >= 4 is 89.5 Å². The summed E-state index contributed by atoms with van der Waals surface area (Å²) in [5, 5.41) is 52.5. The van der Waals surface area contributed by atoms with Crippen LogP contribution in [0.3, 0.4) is 0 Å². The number of carboxylic acid groups (broad SMARTS) is 1. The third kappa shape index (κ3) is 35.7. The minimum atomic E-state index is -1.06. The molecule has 12 aromatic rings. The maximum absolute atomic E-state index is 13.8. The number of halogens is 1. The third-order valence-electron chi connectivity index (χ3n) is 20.9. The van der Waals surface area contributed by atoms with Crippen molar-refractivity contribution in [2.24, 2.45) is 29.2 Å². The topological polar surface area (TPSA) is 456 Å². The molecule has 0 aliphatic carbocycles. The molecule has 13 N–H and O–H groups in total. The van der Waals surface area contributed by atoms with Crippen molar-refractivity contribution in [1.29, 1.82) is 0 Å². The number of aliphatic hydroxyl groups excluding tert-OH is 1. The number of hydrogen-bond acceptors (Lipinski definition) is 22. The molecule has 7 amide bonds. The van der Waals surface area contributed by atoms with E-state index in [2.05, 4.69) is 52.5 Å². The van der Waals surface area contributed by atoms with Gasteiger partial charge in [-0.2, -0.15) is 15.3 Å². The summed E-state index contributed by atoms with van der Waals surface area (Å²) in [7, 11) is 0. The lowest BCUT2D eigenvalue weighted by Gasteiger charge is -2.27. The first-order valence-electron chi connectivity index (χ1n) is 46.9. The number of carbonyl (C=O) groups excluding carboxylic acids is 9. The Balaban J connectivity index is 0.000000248. The number of aryl methyl sites for hydroxylation is 3. The summed E-state index contributed by atoms with van der Waals surface area (Å²) in [6, 6.07) is 74.3. The smallest absolute Gasteiger partial charge is 0.408 e. The molecular weight excluding hydrogens is 1850 g/mol. The molecule has 0 spiro atoms. The molecule has 0 aliphatic rings. The van der Waals surface area contributed by atoms with Gasteiger partial charge >= 0.3 is 42.3 Å². The van der Waals surface area contributed by atoms with Gasteiger partial charge in [-0.3, -0.25) is 19.2 Å². The Hall–Kier alpha value is -15.3. The molecule has 12 rings (SSSR count). The quantitative estimate of drug-likeness (QED) is 0.0147. The van der Waals surface area contributed by atoms with Crippen LogP contribution in [0.5, 0.6) is 0 Å². The molecular formula is C110H134ClN15O18. The number of esters is 2. The van der Waals surface area contributed by atoms with Crippen LogP contribution in [0.2, 0.25) is 0 Å². The van der Waals surface area contributed by atoms with Gasteiger partial charge in [0, 0.05) is 36.7 Å². The number of hydrogen-bond donors (Lipinski definition) is 11. The molecule has 0 fully saturated rings. The minimum Gasteiger partial charge on any atom is -0.480 e. The van der Waals surface area contributed by atoms with E-state index in [1.54, 1.807) is 184 Å². The van der Waals surface area contributed by atoms with Crippen LogP contribution >= 0.6 is 12.4 Å².